The van der Waals surface area contributed by atoms with Crippen LogP contribution < -0.4 is 9.75 Å². The Labute approximate surface area is 193 Å². The Balaban J connectivity index is 1.60. The predicted molar refractivity (Wildman–Crippen MR) is 131 cm³/mol. The fraction of sp³-hybridized carbons (Fsp3) is 0.185. The Hall–Kier alpha value is -3.37. The largest absolute Gasteiger partial charge is 0.487 e. The average molecular weight is 445 g/mol. The summed E-state index contributed by atoms with van der Waals surface area (Å²) in [4.78, 5) is 13.3. The zero-order valence-corrected chi connectivity index (χ0v) is 18.8. The van der Waals surface area contributed by atoms with Crippen LogP contribution >= 0.6 is 11.6 Å². The Morgan fingerprint density at radius 2 is 1.69 bits per heavy atom. The monoisotopic (exact) mass is 444 g/mol. The number of aryl methyl sites for hydroxylation is 1. The Bertz CT molecular complexity index is 1120. The summed E-state index contributed by atoms with van der Waals surface area (Å²) in [6.45, 7) is 2.37. The lowest BCUT2D eigenvalue weighted by molar-refractivity contribution is -0.114. The summed E-state index contributed by atoms with van der Waals surface area (Å²) in [5.41, 5.74) is 4.10. The van der Waals surface area contributed by atoms with Gasteiger partial charge in [0.05, 0.1) is 11.3 Å². The van der Waals surface area contributed by atoms with Crippen LogP contribution in [-0.4, -0.2) is 18.2 Å². The predicted octanol–water partition coefficient (Wildman–Crippen LogP) is 6.55. The van der Waals surface area contributed by atoms with Gasteiger partial charge in [-0.3, -0.25) is 4.79 Å². The smallest absolute Gasteiger partial charge is 0.280 e. The van der Waals surface area contributed by atoms with Crippen LogP contribution in [0, 0.1) is 0 Å². The van der Waals surface area contributed by atoms with E-state index in [4.69, 9.17) is 16.3 Å². The highest BCUT2D eigenvalue weighted by molar-refractivity contribution is 6.33. The van der Waals surface area contributed by atoms with Crippen molar-refractivity contribution in [3.63, 3.8) is 0 Å². The van der Waals surface area contributed by atoms with Gasteiger partial charge in [0.25, 0.3) is 5.91 Å². The van der Waals surface area contributed by atoms with Crippen molar-refractivity contribution in [2.45, 2.75) is 26.2 Å². The van der Waals surface area contributed by atoms with Gasteiger partial charge in [0, 0.05) is 5.02 Å². The maximum absolute atomic E-state index is 13.3. The summed E-state index contributed by atoms with van der Waals surface area (Å²) >= 11 is 5.96. The minimum atomic E-state index is -0.166. The Morgan fingerprint density at radius 1 is 0.969 bits per heavy atom. The van der Waals surface area contributed by atoms with E-state index < -0.39 is 0 Å². The summed E-state index contributed by atoms with van der Waals surface area (Å²) in [6.07, 6.45) is 5.29. The van der Waals surface area contributed by atoms with E-state index in [9.17, 15) is 4.79 Å². The number of carbonyl (C=O) groups excluding carboxylic acids is 1. The number of carbonyl (C=O) groups is 1. The fourth-order valence-electron chi connectivity index (χ4n) is 3.46. The van der Waals surface area contributed by atoms with Crippen molar-refractivity contribution in [1.29, 1.82) is 0 Å². The van der Waals surface area contributed by atoms with Crippen molar-refractivity contribution in [2.75, 3.05) is 11.6 Å². The molecule has 0 radical (unpaired) electrons. The average Bonchev–Trinajstić information content (AvgIpc) is 3.14. The van der Waals surface area contributed by atoms with Gasteiger partial charge < -0.3 is 4.74 Å². The molecule has 4 nitrogen and oxygen atoms in total. The second-order valence-electron chi connectivity index (χ2n) is 7.64. The standard InChI is InChI=1S/C27H25ClN2O2/c1-2-3-7-20-10-12-21(13-11-20)18-25-26(19-32-24-16-14-22(28)15-17-24)29-30(27(25)31)23-8-5-4-6-9-23/h4-6,8-18H,2-3,7,19H2,1H3/b25-18+. The number of amides is 1. The van der Waals surface area contributed by atoms with E-state index >= 15 is 0 Å². The summed E-state index contributed by atoms with van der Waals surface area (Å²) in [5, 5.41) is 6.66. The van der Waals surface area contributed by atoms with Crippen LogP contribution in [0.5, 0.6) is 5.75 Å². The molecular formula is C27H25ClN2O2. The molecule has 32 heavy (non-hydrogen) atoms. The maximum Gasteiger partial charge on any atom is 0.280 e. The third-order valence-electron chi connectivity index (χ3n) is 5.25. The fourth-order valence-corrected chi connectivity index (χ4v) is 3.59. The van der Waals surface area contributed by atoms with Crippen molar-refractivity contribution >= 4 is 35.0 Å². The molecule has 3 aromatic carbocycles. The number of para-hydroxylation sites is 1. The second kappa shape index (κ2) is 10.3. The number of benzene rings is 3. The number of hydrazone groups is 1. The molecule has 0 spiro atoms. The van der Waals surface area contributed by atoms with Gasteiger partial charge in [0.2, 0.25) is 0 Å². The van der Waals surface area contributed by atoms with Crippen LogP contribution in [0.2, 0.25) is 5.02 Å². The first-order valence-electron chi connectivity index (χ1n) is 10.8. The van der Waals surface area contributed by atoms with Crippen LogP contribution in [0.1, 0.15) is 30.9 Å². The minimum absolute atomic E-state index is 0.166. The summed E-state index contributed by atoms with van der Waals surface area (Å²) in [5.74, 6) is 0.503. The molecule has 0 aliphatic carbocycles. The normalized spacial score (nSPS) is 14.7. The molecule has 0 atom stereocenters. The van der Waals surface area contributed by atoms with E-state index in [0.717, 1.165) is 17.7 Å². The lowest BCUT2D eigenvalue weighted by Crippen LogP contribution is -2.21. The van der Waals surface area contributed by atoms with E-state index in [2.05, 4.69) is 24.2 Å². The van der Waals surface area contributed by atoms with E-state index in [0.29, 0.717) is 22.1 Å². The number of ether oxygens (including phenoxy) is 1. The molecule has 1 amide bonds. The van der Waals surface area contributed by atoms with Crippen LogP contribution in [0.3, 0.4) is 0 Å². The first kappa shape index (κ1) is 21.8. The van der Waals surface area contributed by atoms with Crippen LogP contribution in [-0.2, 0) is 11.2 Å². The van der Waals surface area contributed by atoms with Crippen molar-refractivity contribution in [3.8, 4) is 5.75 Å². The molecular weight excluding hydrogens is 420 g/mol. The molecule has 0 bridgehead atoms. The van der Waals surface area contributed by atoms with Gasteiger partial charge in [-0.05, 0) is 66.4 Å². The van der Waals surface area contributed by atoms with Crippen molar-refractivity contribution < 1.29 is 9.53 Å². The Kier molecular flexibility index (Phi) is 7.03. The van der Waals surface area contributed by atoms with Crippen LogP contribution in [0.4, 0.5) is 5.69 Å². The molecule has 4 rings (SSSR count). The SMILES string of the molecule is CCCCc1ccc(/C=C2/C(=O)N(c3ccccc3)N=C2COc2ccc(Cl)cc2)cc1. The second-order valence-corrected chi connectivity index (χ2v) is 8.08. The van der Waals surface area contributed by atoms with E-state index in [1.807, 2.05) is 48.5 Å². The number of nitrogens with zero attached hydrogens (tertiary/aromatic N) is 2. The van der Waals surface area contributed by atoms with Crippen molar-refractivity contribution in [3.05, 3.63) is 101 Å². The van der Waals surface area contributed by atoms with Crippen LogP contribution in [0.25, 0.3) is 6.08 Å². The summed E-state index contributed by atoms with van der Waals surface area (Å²) in [7, 11) is 0. The molecule has 0 unspecified atom stereocenters. The molecule has 0 N–H and O–H groups in total. The number of unbranched alkanes of at least 4 members (excludes halogenated alkanes) is 1. The summed E-state index contributed by atoms with van der Waals surface area (Å²) < 4.78 is 5.90. The first-order chi connectivity index (χ1) is 15.6. The maximum atomic E-state index is 13.3. The van der Waals surface area contributed by atoms with Gasteiger partial charge in [-0.1, -0.05) is 67.4 Å². The van der Waals surface area contributed by atoms with E-state index in [1.54, 1.807) is 24.3 Å². The number of hydrogen-bond donors (Lipinski definition) is 0. The lowest BCUT2D eigenvalue weighted by atomic mass is 10.0. The van der Waals surface area contributed by atoms with Gasteiger partial charge in [0.15, 0.2) is 0 Å². The zero-order valence-electron chi connectivity index (χ0n) is 18.0. The van der Waals surface area contributed by atoms with Crippen LogP contribution in [0.15, 0.2) is 89.5 Å². The number of anilines is 1. The number of hydrogen-bond acceptors (Lipinski definition) is 3. The molecule has 1 aliphatic rings. The first-order valence-corrected chi connectivity index (χ1v) is 11.2. The van der Waals surface area contributed by atoms with E-state index in [-0.39, 0.29) is 12.5 Å². The Morgan fingerprint density at radius 3 is 2.38 bits per heavy atom. The molecule has 1 heterocycles. The molecule has 0 saturated carbocycles. The molecule has 162 valence electrons. The lowest BCUT2D eigenvalue weighted by Gasteiger charge is -2.11. The molecule has 1 aliphatic heterocycles. The number of halogens is 1. The number of rotatable bonds is 8. The summed E-state index contributed by atoms with van der Waals surface area (Å²) in [6, 6.07) is 24.9. The molecule has 0 aromatic heterocycles. The quantitative estimate of drug-likeness (QED) is 0.370. The van der Waals surface area contributed by atoms with Crippen molar-refractivity contribution in [1.82, 2.24) is 0 Å². The highest BCUT2D eigenvalue weighted by Crippen LogP contribution is 2.26. The third-order valence-corrected chi connectivity index (χ3v) is 5.51. The van der Waals surface area contributed by atoms with E-state index in [1.165, 1.54) is 23.4 Å². The molecule has 5 heteroatoms. The highest BCUT2D eigenvalue weighted by Gasteiger charge is 2.31. The molecule has 0 saturated heterocycles. The third kappa shape index (κ3) is 5.27. The topological polar surface area (TPSA) is 41.9 Å². The highest BCUT2D eigenvalue weighted by atomic mass is 35.5. The molecule has 0 fully saturated rings. The van der Waals surface area contributed by atoms with Crippen molar-refractivity contribution in [2.24, 2.45) is 5.10 Å². The van der Waals surface area contributed by atoms with Gasteiger partial charge >= 0.3 is 0 Å². The van der Waals surface area contributed by atoms with Gasteiger partial charge in [-0.2, -0.15) is 10.1 Å². The zero-order chi connectivity index (χ0) is 22.3. The minimum Gasteiger partial charge on any atom is -0.487 e. The van der Waals surface area contributed by atoms with Gasteiger partial charge in [-0.25, -0.2) is 0 Å². The van der Waals surface area contributed by atoms with Gasteiger partial charge in [-0.15, -0.1) is 0 Å². The molecule has 3 aromatic rings. The van der Waals surface area contributed by atoms with Gasteiger partial charge in [0.1, 0.15) is 18.1 Å².